The van der Waals surface area contributed by atoms with Crippen molar-refractivity contribution in [3.8, 4) is 0 Å². The van der Waals surface area contributed by atoms with Crippen LogP contribution in [-0.4, -0.2) is 50.2 Å². The Morgan fingerprint density at radius 1 is 1.50 bits per heavy atom. The molecule has 1 aromatic rings. The molecule has 3 aliphatic rings. The maximum absolute atomic E-state index is 13.1. The van der Waals surface area contributed by atoms with Gasteiger partial charge in [0.1, 0.15) is 0 Å². The van der Waals surface area contributed by atoms with E-state index in [0.29, 0.717) is 17.7 Å². The molecule has 4 heterocycles. The number of amides is 1. The number of nitrogens with zero attached hydrogens (tertiary/aromatic N) is 2. The maximum Gasteiger partial charge on any atom is 0.234 e. The van der Waals surface area contributed by atoms with Gasteiger partial charge >= 0.3 is 0 Å². The number of ether oxygens (including phenoxy) is 1. The number of anilines is 1. The first-order valence-electron chi connectivity index (χ1n) is 8.33. The van der Waals surface area contributed by atoms with Crippen LogP contribution in [0.25, 0.3) is 0 Å². The van der Waals surface area contributed by atoms with Crippen molar-refractivity contribution in [2.75, 3.05) is 44.3 Å². The fraction of sp³-hybridized carbons (Fsp3) is 0.706. The number of thiophene rings is 1. The molecule has 0 aromatic carbocycles. The maximum atomic E-state index is 13.1. The van der Waals surface area contributed by atoms with Crippen LogP contribution < -0.4 is 4.90 Å². The van der Waals surface area contributed by atoms with Gasteiger partial charge in [0.25, 0.3) is 0 Å². The molecule has 0 aliphatic carbocycles. The Morgan fingerprint density at radius 3 is 3.14 bits per heavy atom. The molecule has 4 nitrogen and oxygen atoms in total. The lowest BCUT2D eigenvalue weighted by atomic mass is 9.78. The minimum atomic E-state index is -0.151. The Morgan fingerprint density at radius 2 is 2.41 bits per heavy atom. The van der Waals surface area contributed by atoms with Crippen molar-refractivity contribution in [2.45, 2.75) is 19.8 Å². The van der Waals surface area contributed by atoms with Gasteiger partial charge < -0.3 is 14.5 Å². The molecule has 3 saturated heterocycles. The normalized spacial score (nSPS) is 36.0. The van der Waals surface area contributed by atoms with E-state index >= 15 is 0 Å². The summed E-state index contributed by atoms with van der Waals surface area (Å²) in [5.74, 6) is 1.46. The molecule has 0 N–H and O–H groups in total. The van der Waals surface area contributed by atoms with E-state index in [0.717, 1.165) is 51.5 Å². The number of hydrogen-bond donors (Lipinski definition) is 0. The number of carbonyl (C=O) groups is 1. The lowest BCUT2D eigenvalue weighted by molar-refractivity contribution is -0.126. The first kappa shape index (κ1) is 14.7. The fourth-order valence-electron chi connectivity index (χ4n) is 4.46. The van der Waals surface area contributed by atoms with Crippen molar-refractivity contribution in [1.29, 1.82) is 0 Å². The lowest BCUT2D eigenvalue weighted by Crippen LogP contribution is -2.40. The number of hydrogen-bond acceptors (Lipinski definition) is 4. The van der Waals surface area contributed by atoms with Crippen molar-refractivity contribution in [1.82, 2.24) is 4.90 Å². The minimum absolute atomic E-state index is 0.151. The molecule has 3 fully saturated rings. The third-order valence-corrected chi connectivity index (χ3v) is 6.46. The lowest BCUT2D eigenvalue weighted by Gasteiger charge is -2.27. The van der Waals surface area contributed by atoms with Gasteiger partial charge in [0.05, 0.1) is 17.7 Å². The summed E-state index contributed by atoms with van der Waals surface area (Å²) in [4.78, 5) is 17.6. The van der Waals surface area contributed by atoms with Crippen LogP contribution in [0.15, 0.2) is 16.8 Å². The highest BCUT2D eigenvalue weighted by molar-refractivity contribution is 7.08. The predicted molar refractivity (Wildman–Crippen MR) is 88.3 cm³/mol. The fourth-order valence-corrected chi connectivity index (χ4v) is 5.10. The van der Waals surface area contributed by atoms with Crippen LogP contribution in [0.2, 0.25) is 0 Å². The zero-order chi connectivity index (χ0) is 15.2. The van der Waals surface area contributed by atoms with Gasteiger partial charge in [-0.1, -0.05) is 6.92 Å². The summed E-state index contributed by atoms with van der Waals surface area (Å²) in [7, 11) is 0. The molecule has 0 bridgehead atoms. The second kappa shape index (κ2) is 5.62. The average molecular weight is 320 g/mol. The molecule has 1 amide bonds. The SMILES string of the molecule is C[C@@H]1CN(C[C@@H]2CCOC2)C[C@]12CCN(c1ccsc1)C2=O. The number of likely N-dealkylation sites (tertiary alicyclic amines) is 1. The molecule has 1 aromatic heterocycles. The zero-order valence-electron chi connectivity index (χ0n) is 13.2. The van der Waals surface area contributed by atoms with Gasteiger partial charge in [0.2, 0.25) is 5.91 Å². The summed E-state index contributed by atoms with van der Waals surface area (Å²) in [5.41, 5.74) is 0.934. The summed E-state index contributed by atoms with van der Waals surface area (Å²) in [6.07, 6.45) is 2.17. The molecule has 3 aliphatic heterocycles. The van der Waals surface area contributed by atoms with Crippen molar-refractivity contribution < 1.29 is 9.53 Å². The van der Waals surface area contributed by atoms with Crippen molar-refractivity contribution in [3.05, 3.63) is 16.8 Å². The van der Waals surface area contributed by atoms with E-state index in [1.165, 1.54) is 6.42 Å². The second-order valence-electron chi connectivity index (χ2n) is 7.17. The van der Waals surface area contributed by atoms with Crippen LogP contribution in [0.1, 0.15) is 19.8 Å². The Balaban J connectivity index is 1.48. The summed E-state index contributed by atoms with van der Waals surface area (Å²) in [6, 6.07) is 2.06. The Kier molecular flexibility index (Phi) is 3.75. The van der Waals surface area contributed by atoms with Gasteiger partial charge in [-0.2, -0.15) is 11.3 Å². The first-order chi connectivity index (χ1) is 10.7. The highest BCUT2D eigenvalue weighted by Gasteiger charge is 2.55. The molecular weight excluding hydrogens is 296 g/mol. The first-order valence-corrected chi connectivity index (χ1v) is 9.27. The van der Waals surface area contributed by atoms with E-state index in [9.17, 15) is 4.79 Å². The van der Waals surface area contributed by atoms with Crippen LogP contribution in [0.5, 0.6) is 0 Å². The van der Waals surface area contributed by atoms with Crippen LogP contribution in [-0.2, 0) is 9.53 Å². The number of rotatable bonds is 3. The zero-order valence-corrected chi connectivity index (χ0v) is 14.0. The summed E-state index contributed by atoms with van der Waals surface area (Å²) in [5, 5.41) is 4.14. The van der Waals surface area contributed by atoms with Gasteiger partial charge in [0, 0.05) is 38.2 Å². The van der Waals surface area contributed by atoms with Gasteiger partial charge in [-0.25, -0.2) is 0 Å². The topological polar surface area (TPSA) is 32.8 Å². The summed E-state index contributed by atoms with van der Waals surface area (Å²) >= 11 is 1.66. The smallest absolute Gasteiger partial charge is 0.234 e. The van der Waals surface area contributed by atoms with E-state index in [4.69, 9.17) is 4.74 Å². The monoisotopic (exact) mass is 320 g/mol. The van der Waals surface area contributed by atoms with Crippen molar-refractivity contribution in [2.24, 2.45) is 17.3 Å². The van der Waals surface area contributed by atoms with E-state index in [1.807, 2.05) is 4.90 Å². The quantitative estimate of drug-likeness (QED) is 0.858. The van der Waals surface area contributed by atoms with Crippen molar-refractivity contribution >= 4 is 22.9 Å². The number of carbonyl (C=O) groups excluding carboxylic acids is 1. The molecule has 5 heteroatoms. The van der Waals surface area contributed by atoms with Crippen molar-refractivity contribution in [3.63, 3.8) is 0 Å². The Labute approximate surface area is 136 Å². The minimum Gasteiger partial charge on any atom is -0.381 e. The Hall–Kier alpha value is -0.910. The predicted octanol–water partition coefficient (Wildman–Crippen LogP) is 2.46. The summed E-state index contributed by atoms with van der Waals surface area (Å²) < 4.78 is 5.50. The Bertz CT molecular complexity index is 541. The highest BCUT2D eigenvalue weighted by Crippen LogP contribution is 2.46. The van der Waals surface area contributed by atoms with Crippen LogP contribution in [0, 0.1) is 17.3 Å². The standard InChI is InChI=1S/C17H24N2O2S/c1-13-8-18(9-14-2-6-21-10-14)12-17(13)4-5-19(16(17)20)15-3-7-22-11-15/h3,7,11,13-14H,2,4-6,8-10,12H2,1H3/t13-,14+,17-/m1/s1. The molecule has 1 spiro atoms. The van der Waals surface area contributed by atoms with Gasteiger partial charge in [-0.15, -0.1) is 0 Å². The largest absolute Gasteiger partial charge is 0.381 e. The van der Waals surface area contributed by atoms with E-state index in [1.54, 1.807) is 11.3 Å². The highest BCUT2D eigenvalue weighted by atomic mass is 32.1. The third kappa shape index (κ3) is 2.30. The van der Waals surface area contributed by atoms with Gasteiger partial charge in [0.15, 0.2) is 0 Å². The van der Waals surface area contributed by atoms with Crippen LogP contribution >= 0.6 is 11.3 Å². The molecule has 22 heavy (non-hydrogen) atoms. The van der Waals surface area contributed by atoms with Gasteiger partial charge in [-0.05, 0) is 36.1 Å². The van der Waals surface area contributed by atoms with Crippen LogP contribution in [0.3, 0.4) is 0 Å². The third-order valence-electron chi connectivity index (χ3n) is 5.79. The van der Waals surface area contributed by atoms with Gasteiger partial charge in [-0.3, -0.25) is 4.79 Å². The van der Waals surface area contributed by atoms with E-state index < -0.39 is 0 Å². The molecule has 3 atom stereocenters. The molecule has 0 saturated carbocycles. The second-order valence-corrected chi connectivity index (χ2v) is 7.95. The molecular formula is C17H24N2O2S. The van der Waals surface area contributed by atoms with E-state index in [2.05, 4.69) is 28.7 Å². The molecule has 4 rings (SSSR count). The summed E-state index contributed by atoms with van der Waals surface area (Å²) in [6.45, 7) is 8.03. The average Bonchev–Trinajstić information content (AvgIpc) is 3.24. The molecule has 0 radical (unpaired) electrons. The molecule has 120 valence electrons. The van der Waals surface area contributed by atoms with E-state index in [-0.39, 0.29) is 5.41 Å². The van der Waals surface area contributed by atoms with Crippen LogP contribution in [0.4, 0.5) is 5.69 Å². The molecule has 0 unspecified atom stereocenters.